The van der Waals surface area contributed by atoms with Crippen LogP contribution in [0.5, 0.6) is 0 Å². The Morgan fingerprint density at radius 3 is 2.74 bits per heavy atom. The molecule has 0 radical (unpaired) electrons. The van der Waals surface area contributed by atoms with Crippen molar-refractivity contribution in [2.45, 2.75) is 60.4 Å². The molecule has 0 amide bonds. The quantitative estimate of drug-likeness (QED) is 0.875. The Balaban J connectivity index is 1.96. The van der Waals surface area contributed by atoms with Crippen molar-refractivity contribution < 1.29 is 0 Å². The van der Waals surface area contributed by atoms with E-state index in [-0.39, 0.29) is 0 Å². The van der Waals surface area contributed by atoms with Crippen LogP contribution in [0.2, 0.25) is 0 Å². The second kappa shape index (κ2) is 5.66. The first-order valence-corrected chi connectivity index (χ1v) is 7.63. The Hall–Kier alpha value is -0.830. The van der Waals surface area contributed by atoms with Gasteiger partial charge in [0.2, 0.25) is 0 Å². The highest BCUT2D eigenvalue weighted by Crippen LogP contribution is 2.36. The molecule has 3 heteroatoms. The molecule has 1 unspecified atom stereocenters. The van der Waals surface area contributed by atoms with Gasteiger partial charge in [0.25, 0.3) is 0 Å². The highest BCUT2D eigenvalue weighted by molar-refractivity contribution is 5.19. The van der Waals surface area contributed by atoms with E-state index < -0.39 is 0 Å². The molecule has 1 atom stereocenters. The molecule has 0 aliphatic heterocycles. The zero-order valence-corrected chi connectivity index (χ0v) is 13.1. The molecule has 0 spiro atoms. The van der Waals surface area contributed by atoms with Gasteiger partial charge in [0.15, 0.2) is 0 Å². The van der Waals surface area contributed by atoms with E-state index in [4.69, 9.17) is 4.98 Å². The van der Waals surface area contributed by atoms with Crippen molar-refractivity contribution in [2.75, 3.05) is 6.54 Å². The molecule has 1 aliphatic rings. The third kappa shape index (κ3) is 3.82. The number of aromatic nitrogens is 2. The lowest BCUT2D eigenvalue weighted by molar-refractivity contribution is 0.214. The highest BCUT2D eigenvalue weighted by atomic mass is 15.0. The molecular formula is C16H29N3. The summed E-state index contributed by atoms with van der Waals surface area (Å²) in [4.78, 5) is 8.28. The molecule has 0 aromatic carbocycles. The van der Waals surface area contributed by atoms with Gasteiger partial charge in [-0.1, -0.05) is 34.6 Å². The van der Waals surface area contributed by atoms with E-state index in [9.17, 15) is 0 Å². The summed E-state index contributed by atoms with van der Waals surface area (Å²) in [6.07, 6.45) is 3.58. The number of hydrogen-bond acceptors (Lipinski definition) is 2. The first-order chi connectivity index (χ1) is 8.86. The lowest BCUT2D eigenvalue weighted by Crippen LogP contribution is -2.26. The maximum absolute atomic E-state index is 4.75. The number of nitrogens with one attached hydrogen (secondary N) is 2. The molecular weight excluding hydrogens is 234 g/mol. The Morgan fingerprint density at radius 2 is 2.11 bits per heavy atom. The summed E-state index contributed by atoms with van der Waals surface area (Å²) >= 11 is 0. The third-order valence-electron chi connectivity index (χ3n) is 4.16. The SMILES string of the molecule is CC(C)CNCc1nc2c([nH]1)CC(C(C)(C)C)CC2. The van der Waals surface area contributed by atoms with E-state index in [0.717, 1.165) is 37.7 Å². The van der Waals surface area contributed by atoms with Crippen molar-refractivity contribution in [3.05, 3.63) is 17.2 Å². The molecule has 0 bridgehead atoms. The summed E-state index contributed by atoms with van der Waals surface area (Å²) in [6, 6.07) is 0. The summed E-state index contributed by atoms with van der Waals surface area (Å²) in [5.74, 6) is 2.58. The standard InChI is InChI=1S/C16H29N3/c1-11(2)9-17-10-15-18-13-7-6-12(16(3,4)5)8-14(13)19-15/h11-12,17H,6-10H2,1-5H3,(H,18,19). The number of fused-ring (bicyclic) bond motifs is 1. The number of nitrogens with zero attached hydrogens (tertiary/aromatic N) is 1. The molecule has 1 aliphatic carbocycles. The van der Waals surface area contributed by atoms with Gasteiger partial charge in [-0.15, -0.1) is 0 Å². The molecule has 19 heavy (non-hydrogen) atoms. The maximum Gasteiger partial charge on any atom is 0.120 e. The molecule has 3 nitrogen and oxygen atoms in total. The van der Waals surface area contributed by atoms with Gasteiger partial charge >= 0.3 is 0 Å². The molecule has 0 saturated carbocycles. The van der Waals surface area contributed by atoms with E-state index in [1.807, 2.05) is 0 Å². The summed E-state index contributed by atoms with van der Waals surface area (Å²) in [5.41, 5.74) is 3.09. The fraction of sp³-hybridized carbons (Fsp3) is 0.812. The Labute approximate surface area is 117 Å². The van der Waals surface area contributed by atoms with Crippen molar-refractivity contribution >= 4 is 0 Å². The molecule has 0 fully saturated rings. The number of hydrogen-bond donors (Lipinski definition) is 2. The minimum atomic E-state index is 0.402. The zero-order chi connectivity index (χ0) is 14.0. The predicted octanol–water partition coefficient (Wildman–Crippen LogP) is 3.31. The van der Waals surface area contributed by atoms with Crippen LogP contribution in [0.25, 0.3) is 0 Å². The smallest absolute Gasteiger partial charge is 0.120 e. The Morgan fingerprint density at radius 1 is 1.37 bits per heavy atom. The van der Waals surface area contributed by atoms with Gasteiger partial charge in [0, 0.05) is 5.69 Å². The van der Waals surface area contributed by atoms with Crippen LogP contribution in [-0.2, 0) is 19.4 Å². The summed E-state index contributed by atoms with van der Waals surface area (Å²) in [7, 11) is 0. The number of H-pyrrole nitrogens is 1. The summed E-state index contributed by atoms with van der Waals surface area (Å²) in [5, 5.41) is 3.46. The number of aromatic amines is 1. The number of imidazole rings is 1. The van der Waals surface area contributed by atoms with E-state index in [2.05, 4.69) is 44.9 Å². The lowest BCUT2D eigenvalue weighted by Gasteiger charge is -2.33. The minimum absolute atomic E-state index is 0.402. The fourth-order valence-electron chi connectivity index (χ4n) is 2.84. The second-order valence-corrected chi connectivity index (χ2v) is 7.44. The normalized spacial score (nSPS) is 19.8. The van der Waals surface area contributed by atoms with Crippen molar-refractivity contribution in [3.63, 3.8) is 0 Å². The van der Waals surface area contributed by atoms with Crippen LogP contribution in [0.3, 0.4) is 0 Å². The van der Waals surface area contributed by atoms with Crippen molar-refractivity contribution in [1.29, 1.82) is 0 Å². The molecule has 1 heterocycles. The summed E-state index contributed by atoms with van der Waals surface area (Å²) < 4.78 is 0. The van der Waals surface area contributed by atoms with Crippen LogP contribution in [-0.4, -0.2) is 16.5 Å². The van der Waals surface area contributed by atoms with Gasteiger partial charge in [-0.2, -0.15) is 0 Å². The van der Waals surface area contributed by atoms with Crippen LogP contribution in [0.1, 0.15) is 58.3 Å². The minimum Gasteiger partial charge on any atom is -0.345 e. The van der Waals surface area contributed by atoms with Gasteiger partial charge in [0.05, 0.1) is 12.2 Å². The first kappa shape index (κ1) is 14.6. The van der Waals surface area contributed by atoms with Crippen LogP contribution >= 0.6 is 0 Å². The Bertz CT molecular complexity index is 412. The predicted molar refractivity (Wildman–Crippen MR) is 80.1 cm³/mol. The molecule has 1 aromatic heterocycles. The van der Waals surface area contributed by atoms with Gasteiger partial charge in [-0.05, 0) is 43.1 Å². The topological polar surface area (TPSA) is 40.7 Å². The molecule has 0 saturated heterocycles. The van der Waals surface area contributed by atoms with Crippen LogP contribution < -0.4 is 5.32 Å². The molecule has 2 N–H and O–H groups in total. The van der Waals surface area contributed by atoms with E-state index in [1.165, 1.54) is 17.8 Å². The van der Waals surface area contributed by atoms with Crippen LogP contribution in [0.15, 0.2) is 0 Å². The van der Waals surface area contributed by atoms with E-state index >= 15 is 0 Å². The second-order valence-electron chi connectivity index (χ2n) is 7.44. The van der Waals surface area contributed by atoms with E-state index in [0.29, 0.717) is 11.3 Å². The van der Waals surface area contributed by atoms with Gasteiger partial charge in [-0.25, -0.2) is 4.98 Å². The zero-order valence-electron chi connectivity index (χ0n) is 13.1. The highest BCUT2D eigenvalue weighted by Gasteiger charge is 2.30. The van der Waals surface area contributed by atoms with Gasteiger partial charge in [-0.3, -0.25) is 0 Å². The molecule has 108 valence electrons. The lowest BCUT2D eigenvalue weighted by atomic mass is 9.73. The van der Waals surface area contributed by atoms with Crippen molar-refractivity contribution in [2.24, 2.45) is 17.3 Å². The maximum atomic E-state index is 4.75. The first-order valence-electron chi connectivity index (χ1n) is 7.63. The van der Waals surface area contributed by atoms with Crippen molar-refractivity contribution in [1.82, 2.24) is 15.3 Å². The van der Waals surface area contributed by atoms with Crippen LogP contribution in [0, 0.1) is 17.3 Å². The average Bonchev–Trinajstić information content (AvgIpc) is 2.68. The monoisotopic (exact) mass is 263 g/mol. The number of rotatable bonds is 4. The van der Waals surface area contributed by atoms with Gasteiger partial charge < -0.3 is 10.3 Å². The Kier molecular flexibility index (Phi) is 4.34. The molecule has 1 aromatic rings. The average molecular weight is 263 g/mol. The van der Waals surface area contributed by atoms with Gasteiger partial charge in [0.1, 0.15) is 5.82 Å². The fourth-order valence-corrected chi connectivity index (χ4v) is 2.84. The number of aryl methyl sites for hydroxylation is 1. The molecule has 2 rings (SSSR count). The van der Waals surface area contributed by atoms with E-state index in [1.54, 1.807) is 0 Å². The third-order valence-corrected chi connectivity index (χ3v) is 4.16. The largest absolute Gasteiger partial charge is 0.345 e. The summed E-state index contributed by atoms with van der Waals surface area (Å²) in [6.45, 7) is 13.4. The van der Waals surface area contributed by atoms with Crippen LogP contribution in [0.4, 0.5) is 0 Å². The van der Waals surface area contributed by atoms with Crippen molar-refractivity contribution in [3.8, 4) is 0 Å².